The maximum absolute atomic E-state index is 12.5. The molecule has 0 spiro atoms. The van der Waals surface area contributed by atoms with Crippen LogP contribution in [0.15, 0.2) is 84.0 Å². The molecule has 0 aliphatic carbocycles. The first kappa shape index (κ1) is 21.6. The largest absolute Gasteiger partial charge is 0.497 e. The Labute approximate surface area is 190 Å². The fourth-order valence-electron chi connectivity index (χ4n) is 3.10. The van der Waals surface area contributed by atoms with Crippen LogP contribution in [0.1, 0.15) is 16.1 Å². The van der Waals surface area contributed by atoms with Crippen LogP contribution >= 0.6 is 0 Å². The molecule has 166 valence electrons. The molecule has 0 saturated heterocycles. The third-order valence-electron chi connectivity index (χ3n) is 4.72. The Kier molecular flexibility index (Phi) is 6.65. The SMILES string of the molecule is COc1ccc(OC)c(-c2cc(C(=O)NN=Cc3cccc(Oc4ccccc4)c3)[nH]n2)c1. The number of H-pyrrole nitrogens is 1. The quantitative estimate of drug-likeness (QED) is 0.306. The van der Waals surface area contributed by atoms with Gasteiger partial charge in [-0.1, -0.05) is 30.3 Å². The molecule has 2 N–H and O–H groups in total. The summed E-state index contributed by atoms with van der Waals surface area (Å²) in [6, 6.07) is 23.9. The number of amides is 1. The summed E-state index contributed by atoms with van der Waals surface area (Å²) in [7, 11) is 3.15. The molecule has 0 aliphatic rings. The Hall–Kier alpha value is -4.59. The minimum Gasteiger partial charge on any atom is -0.497 e. The van der Waals surface area contributed by atoms with Crippen LogP contribution in [0.3, 0.4) is 0 Å². The van der Waals surface area contributed by atoms with Gasteiger partial charge in [0.15, 0.2) is 0 Å². The van der Waals surface area contributed by atoms with Gasteiger partial charge in [-0.15, -0.1) is 0 Å². The van der Waals surface area contributed by atoms with Crippen LogP contribution in [0.4, 0.5) is 0 Å². The monoisotopic (exact) mass is 442 g/mol. The second-order valence-corrected chi connectivity index (χ2v) is 6.92. The fraction of sp³-hybridized carbons (Fsp3) is 0.0800. The van der Waals surface area contributed by atoms with E-state index in [0.717, 1.165) is 11.3 Å². The molecule has 4 rings (SSSR count). The Bertz CT molecular complexity index is 1270. The Morgan fingerprint density at radius 2 is 1.73 bits per heavy atom. The van der Waals surface area contributed by atoms with Gasteiger partial charge >= 0.3 is 0 Å². The molecular weight excluding hydrogens is 420 g/mol. The zero-order chi connectivity index (χ0) is 23.0. The first-order chi connectivity index (χ1) is 16.2. The van der Waals surface area contributed by atoms with Gasteiger partial charge in [-0.3, -0.25) is 9.89 Å². The number of rotatable bonds is 8. The summed E-state index contributed by atoms with van der Waals surface area (Å²) in [5, 5.41) is 11.0. The molecule has 0 saturated carbocycles. The average Bonchev–Trinajstić information content (AvgIpc) is 3.35. The third-order valence-corrected chi connectivity index (χ3v) is 4.72. The van der Waals surface area contributed by atoms with Crippen molar-refractivity contribution in [2.45, 2.75) is 0 Å². The Morgan fingerprint density at radius 3 is 2.52 bits per heavy atom. The van der Waals surface area contributed by atoms with Gasteiger partial charge in [-0.05, 0) is 54.1 Å². The van der Waals surface area contributed by atoms with E-state index in [1.54, 1.807) is 38.5 Å². The molecular formula is C25H22N4O4. The van der Waals surface area contributed by atoms with E-state index in [9.17, 15) is 4.79 Å². The predicted molar refractivity (Wildman–Crippen MR) is 125 cm³/mol. The molecule has 3 aromatic carbocycles. The Balaban J connectivity index is 1.42. The first-order valence-corrected chi connectivity index (χ1v) is 10.1. The second kappa shape index (κ2) is 10.1. The summed E-state index contributed by atoms with van der Waals surface area (Å²) in [4.78, 5) is 12.5. The molecule has 0 radical (unpaired) electrons. The van der Waals surface area contributed by atoms with Crippen molar-refractivity contribution in [2.75, 3.05) is 14.2 Å². The van der Waals surface area contributed by atoms with Crippen molar-refractivity contribution in [3.8, 4) is 34.3 Å². The number of hydrazone groups is 1. The van der Waals surface area contributed by atoms with E-state index in [2.05, 4.69) is 20.7 Å². The summed E-state index contributed by atoms with van der Waals surface area (Å²) in [6.07, 6.45) is 1.54. The number of nitrogens with one attached hydrogen (secondary N) is 2. The summed E-state index contributed by atoms with van der Waals surface area (Å²) >= 11 is 0. The smallest absolute Gasteiger partial charge is 0.289 e. The van der Waals surface area contributed by atoms with Crippen molar-refractivity contribution in [2.24, 2.45) is 5.10 Å². The molecule has 8 heteroatoms. The van der Waals surface area contributed by atoms with Crippen molar-refractivity contribution in [1.29, 1.82) is 0 Å². The highest BCUT2D eigenvalue weighted by Crippen LogP contribution is 2.32. The lowest BCUT2D eigenvalue weighted by atomic mass is 10.1. The zero-order valence-corrected chi connectivity index (χ0v) is 18.1. The number of aromatic nitrogens is 2. The number of methoxy groups -OCH3 is 2. The molecule has 1 aromatic heterocycles. The van der Waals surface area contributed by atoms with Crippen molar-refractivity contribution >= 4 is 12.1 Å². The van der Waals surface area contributed by atoms with Crippen molar-refractivity contribution in [3.05, 3.63) is 90.1 Å². The maximum Gasteiger partial charge on any atom is 0.289 e. The van der Waals surface area contributed by atoms with E-state index < -0.39 is 5.91 Å². The van der Waals surface area contributed by atoms with E-state index in [1.807, 2.05) is 54.6 Å². The number of ether oxygens (including phenoxy) is 3. The molecule has 0 fully saturated rings. The highest BCUT2D eigenvalue weighted by atomic mass is 16.5. The lowest BCUT2D eigenvalue weighted by molar-refractivity contribution is 0.0950. The summed E-state index contributed by atoms with van der Waals surface area (Å²) in [6.45, 7) is 0. The second-order valence-electron chi connectivity index (χ2n) is 6.92. The van der Waals surface area contributed by atoms with Gasteiger partial charge < -0.3 is 14.2 Å². The lowest BCUT2D eigenvalue weighted by Crippen LogP contribution is -2.18. The van der Waals surface area contributed by atoms with Crippen molar-refractivity contribution < 1.29 is 19.0 Å². The van der Waals surface area contributed by atoms with Gasteiger partial charge in [0.2, 0.25) is 0 Å². The number of para-hydroxylation sites is 1. The van der Waals surface area contributed by atoms with Gasteiger partial charge in [-0.25, -0.2) is 5.43 Å². The molecule has 1 heterocycles. The normalized spacial score (nSPS) is 10.7. The molecule has 33 heavy (non-hydrogen) atoms. The topological polar surface area (TPSA) is 97.8 Å². The predicted octanol–water partition coefficient (Wildman–Crippen LogP) is 4.65. The number of hydrogen-bond acceptors (Lipinski definition) is 6. The number of benzene rings is 3. The van der Waals surface area contributed by atoms with Gasteiger partial charge in [0.25, 0.3) is 5.91 Å². The minimum atomic E-state index is -0.427. The van der Waals surface area contributed by atoms with Crippen LogP contribution in [0.5, 0.6) is 23.0 Å². The van der Waals surface area contributed by atoms with Crippen molar-refractivity contribution in [3.63, 3.8) is 0 Å². The average molecular weight is 442 g/mol. The first-order valence-electron chi connectivity index (χ1n) is 10.1. The summed E-state index contributed by atoms with van der Waals surface area (Å²) in [5.74, 6) is 2.25. The van der Waals surface area contributed by atoms with Crippen LogP contribution in [0.25, 0.3) is 11.3 Å². The van der Waals surface area contributed by atoms with Gasteiger partial charge in [0.05, 0.1) is 26.1 Å². The molecule has 0 bridgehead atoms. The summed E-state index contributed by atoms with van der Waals surface area (Å²) in [5.41, 5.74) is 4.77. The van der Waals surface area contributed by atoms with Crippen LogP contribution in [-0.2, 0) is 0 Å². The van der Waals surface area contributed by atoms with Gasteiger partial charge in [0, 0.05) is 5.56 Å². The number of hydrogen-bond donors (Lipinski definition) is 2. The summed E-state index contributed by atoms with van der Waals surface area (Å²) < 4.78 is 16.5. The van der Waals surface area contributed by atoms with E-state index in [1.165, 1.54) is 6.21 Å². The molecule has 4 aromatic rings. The van der Waals surface area contributed by atoms with Crippen LogP contribution in [0.2, 0.25) is 0 Å². The Morgan fingerprint density at radius 1 is 0.909 bits per heavy atom. The van der Waals surface area contributed by atoms with Crippen LogP contribution in [0, 0.1) is 0 Å². The number of carbonyl (C=O) groups is 1. The fourth-order valence-corrected chi connectivity index (χ4v) is 3.10. The van der Waals surface area contributed by atoms with Gasteiger partial charge in [-0.2, -0.15) is 10.2 Å². The van der Waals surface area contributed by atoms with E-state index in [4.69, 9.17) is 14.2 Å². The zero-order valence-electron chi connectivity index (χ0n) is 18.1. The van der Waals surface area contributed by atoms with Crippen LogP contribution < -0.4 is 19.6 Å². The number of aromatic amines is 1. The number of nitrogens with zero attached hydrogens (tertiary/aromatic N) is 2. The minimum absolute atomic E-state index is 0.258. The molecule has 0 atom stereocenters. The molecule has 0 aliphatic heterocycles. The lowest BCUT2D eigenvalue weighted by Gasteiger charge is -2.08. The van der Waals surface area contributed by atoms with E-state index in [-0.39, 0.29) is 5.69 Å². The molecule has 8 nitrogen and oxygen atoms in total. The number of carbonyl (C=O) groups excluding carboxylic acids is 1. The third kappa shape index (κ3) is 5.37. The van der Waals surface area contributed by atoms with E-state index in [0.29, 0.717) is 28.5 Å². The maximum atomic E-state index is 12.5. The standard InChI is InChI=1S/C25H22N4O4/c1-31-19-11-12-24(32-2)21(14-19)22-15-23(28-27-22)25(30)29-26-16-17-7-6-10-20(13-17)33-18-8-4-3-5-9-18/h3-16H,1-2H3,(H,27,28)(H,29,30). The van der Waals surface area contributed by atoms with Gasteiger partial charge in [0.1, 0.15) is 28.7 Å². The molecule has 0 unspecified atom stereocenters. The molecule has 1 amide bonds. The van der Waals surface area contributed by atoms with Crippen molar-refractivity contribution in [1.82, 2.24) is 15.6 Å². The van der Waals surface area contributed by atoms with E-state index >= 15 is 0 Å². The highest BCUT2D eigenvalue weighted by Gasteiger charge is 2.14. The highest BCUT2D eigenvalue weighted by molar-refractivity contribution is 5.94. The van der Waals surface area contributed by atoms with Crippen LogP contribution in [-0.4, -0.2) is 36.5 Å².